The number of aliphatic hydroxyl groups excluding tert-OH is 5. The van der Waals surface area contributed by atoms with Crippen LogP contribution in [0.2, 0.25) is 0 Å². The lowest BCUT2D eigenvalue weighted by atomic mass is 9.75. The standard InChI is InChI=1S/C25H47NO7/c1-2-3-4-5-6-7-8-9-10-11-12-13-14-15-18(27)21(26)23(31)24(32)25(33)16-19(28)22(30)20(29)17-25/h14-15,18-23,27-31,33H,2-13,16-17,26H2,1H3/b15-14+/t18-,19-,20-,21+,22?,23?,25?/m1/s1. The number of allylic oxidation sites excluding steroid dienone is 1. The minimum atomic E-state index is -2.23. The number of rotatable bonds is 17. The lowest BCUT2D eigenvalue weighted by Crippen LogP contribution is -2.61. The van der Waals surface area contributed by atoms with Gasteiger partial charge < -0.3 is 36.4 Å². The Morgan fingerprint density at radius 3 is 1.85 bits per heavy atom. The summed E-state index contributed by atoms with van der Waals surface area (Å²) < 4.78 is 0. The molecule has 1 saturated carbocycles. The van der Waals surface area contributed by atoms with Gasteiger partial charge in [-0.3, -0.25) is 4.79 Å². The van der Waals surface area contributed by atoms with Gasteiger partial charge in [0.2, 0.25) is 0 Å². The van der Waals surface area contributed by atoms with E-state index in [1.807, 2.05) is 0 Å². The molecule has 8 nitrogen and oxygen atoms in total. The van der Waals surface area contributed by atoms with E-state index in [9.17, 15) is 35.4 Å². The van der Waals surface area contributed by atoms with Gasteiger partial charge in [-0.1, -0.05) is 83.3 Å². The first-order valence-corrected chi connectivity index (χ1v) is 12.7. The number of unbranched alkanes of at least 4 members (excludes halogenated alkanes) is 11. The average molecular weight is 474 g/mol. The van der Waals surface area contributed by atoms with Gasteiger partial charge in [0.15, 0.2) is 5.78 Å². The van der Waals surface area contributed by atoms with Gasteiger partial charge in [-0.25, -0.2) is 0 Å². The van der Waals surface area contributed by atoms with Crippen molar-refractivity contribution < 1.29 is 35.4 Å². The molecule has 1 aliphatic rings. The summed E-state index contributed by atoms with van der Waals surface area (Å²) in [4.78, 5) is 12.5. The Kier molecular flexibility index (Phi) is 14.6. The highest BCUT2D eigenvalue weighted by atomic mass is 16.4. The second kappa shape index (κ2) is 15.9. The summed E-state index contributed by atoms with van der Waals surface area (Å²) in [6.07, 6.45) is 8.97. The third-order valence-electron chi connectivity index (χ3n) is 6.68. The first-order chi connectivity index (χ1) is 15.6. The highest BCUT2D eigenvalue weighted by molar-refractivity contribution is 5.91. The zero-order valence-electron chi connectivity index (χ0n) is 20.2. The van der Waals surface area contributed by atoms with Crippen molar-refractivity contribution in [2.75, 3.05) is 0 Å². The smallest absolute Gasteiger partial charge is 0.194 e. The largest absolute Gasteiger partial charge is 0.390 e. The number of carbonyl (C=O) groups is 1. The predicted octanol–water partition coefficient (Wildman–Crippen LogP) is 1.47. The Morgan fingerprint density at radius 2 is 1.36 bits per heavy atom. The zero-order valence-corrected chi connectivity index (χ0v) is 20.2. The molecule has 5 atom stereocenters. The van der Waals surface area contributed by atoms with Gasteiger partial charge in [-0.15, -0.1) is 0 Å². The van der Waals surface area contributed by atoms with E-state index in [4.69, 9.17) is 5.73 Å². The average Bonchev–Trinajstić information content (AvgIpc) is 2.78. The van der Waals surface area contributed by atoms with Crippen LogP contribution in [-0.2, 0) is 4.79 Å². The van der Waals surface area contributed by atoms with Gasteiger partial charge in [0.25, 0.3) is 0 Å². The van der Waals surface area contributed by atoms with Crippen molar-refractivity contribution in [3.63, 3.8) is 0 Å². The Labute approximate surface area is 198 Å². The molecule has 0 aromatic heterocycles. The van der Waals surface area contributed by atoms with E-state index in [2.05, 4.69) is 6.92 Å². The summed E-state index contributed by atoms with van der Waals surface area (Å²) in [6, 6.07) is -1.36. The molecule has 0 aliphatic heterocycles. The molecule has 0 amide bonds. The second-order valence-corrected chi connectivity index (χ2v) is 9.69. The Balaban J connectivity index is 2.26. The van der Waals surface area contributed by atoms with Crippen molar-refractivity contribution >= 4 is 5.78 Å². The summed E-state index contributed by atoms with van der Waals surface area (Å²) in [5, 5.41) is 60.1. The highest BCUT2D eigenvalue weighted by Crippen LogP contribution is 2.31. The van der Waals surface area contributed by atoms with Gasteiger partial charge in [0.1, 0.15) is 17.8 Å². The topological polar surface area (TPSA) is 164 Å². The van der Waals surface area contributed by atoms with Crippen molar-refractivity contribution in [2.45, 2.75) is 139 Å². The molecule has 8 heteroatoms. The molecule has 8 N–H and O–H groups in total. The van der Waals surface area contributed by atoms with E-state index in [1.165, 1.54) is 63.9 Å². The van der Waals surface area contributed by atoms with Crippen molar-refractivity contribution in [2.24, 2.45) is 5.73 Å². The number of carbonyl (C=O) groups excluding carboxylic acids is 1. The number of ketones is 1. The van der Waals surface area contributed by atoms with Crippen molar-refractivity contribution in [3.8, 4) is 0 Å². The summed E-state index contributed by atoms with van der Waals surface area (Å²) in [5.74, 6) is -1.09. The van der Waals surface area contributed by atoms with Gasteiger partial charge >= 0.3 is 0 Å². The number of nitrogens with two attached hydrogens (primary N) is 1. The summed E-state index contributed by atoms with van der Waals surface area (Å²) in [7, 11) is 0. The van der Waals surface area contributed by atoms with E-state index < -0.39 is 60.8 Å². The number of hydrogen-bond acceptors (Lipinski definition) is 8. The van der Waals surface area contributed by atoms with Crippen LogP contribution in [0.25, 0.3) is 0 Å². The van der Waals surface area contributed by atoms with Crippen LogP contribution < -0.4 is 5.73 Å². The van der Waals surface area contributed by atoms with E-state index in [0.717, 1.165) is 19.3 Å². The SMILES string of the molecule is CCCCCCCCCCCCC/C=C/[C@@H](O)[C@H](N)C(O)C(=O)C1(O)C[C@@H](O)C(O)[C@H](O)C1. The molecule has 0 heterocycles. The van der Waals surface area contributed by atoms with Crippen LogP contribution in [0.5, 0.6) is 0 Å². The number of hydrogen-bond donors (Lipinski definition) is 7. The van der Waals surface area contributed by atoms with Crippen molar-refractivity contribution in [1.29, 1.82) is 0 Å². The van der Waals surface area contributed by atoms with Crippen LogP contribution in [-0.4, -0.2) is 78.6 Å². The molecule has 0 radical (unpaired) electrons. The molecule has 0 saturated heterocycles. The van der Waals surface area contributed by atoms with Crippen LogP contribution in [0, 0.1) is 0 Å². The minimum absolute atomic E-state index is 0.529. The third-order valence-corrected chi connectivity index (χ3v) is 6.68. The fraction of sp³-hybridized carbons (Fsp3) is 0.880. The molecular weight excluding hydrogens is 426 g/mol. The molecule has 194 valence electrons. The molecule has 1 fully saturated rings. The molecule has 1 unspecified atom stereocenters. The van der Waals surface area contributed by atoms with Crippen molar-refractivity contribution in [3.05, 3.63) is 12.2 Å². The summed E-state index contributed by atoms with van der Waals surface area (Å²) >= 11 is 0. The highest BCUT2D eigenvalue weighted by Gasteiger charge is 2.50. The van der Waals surface area contributed by atoms with Crippen LogP contribution in [0.4, 0.5) is 0 Å². The molecule has 0 spiro atoms. The predicted molar refractivity (Wildman–Crippen MR) is 127 cm³/mol. The second-order valence-electron chi connectivity index (χ2n) is 9.69. The Hall–Kier alpha value is -0.870. The first-order valence-electron chi connectivity index (χ1n) is 12.7. The quantitative estimate of drug-likeness (QED) is 0.123. The molecule has 0 bridgehead atoms. The van der Waals surface area contributed by atoms with Crippen molar-refractivity contribution in [1.82, 2.24) is 0 Å². The maximum atomic E-state index is 12.5. The van der Waals surface area contributed by atoms with Gasteiger partial charge in [-0.2, -0.15) is 0 Å². The lowest BCUT2D eigenvalue weighted by molar-refractivity contribution is -0.178. The van der Waals surface area contributed by atoms with E-state index >= 15 is 0 Å². The normalized spacial score (nSPS) is 28.7. The van der Waals surface area contributed by atoms with Crippen LogP contribution in [0.1, 0.15) is 96.8 Å². The molecule has 0 aromatic carbocycles. The number of Topliss-reactive ketones (excluding diaryl/α,β-unsaturated/α-hetero) is 1. The van der Waals surface area contributed by atoms with Gasteiger partial charge in [0.05, 0.1) is 24.4 Å². The molecule has 33 heavy (non-hydrogen) atoms. The maximum Gasteiger partial charge on any atom is 0.194 e. The third kappa shape index (κ3) is 10.5. The first kappa shape index (κ1) is 30.2. The van der Waals surface area contributed by atoms with Gasteiger partial charge in [0, 0.05) is 12.8 Å². The van der Waals surface area contributed by atoms with E-state index in [1.54, 1.807) is 6.08 Å². The zero-order chi connectivity index (χ0) is 24.9. The van der Waals surface area contributed by atoms with E-state index in [-0.39, 0.29) is 0 Å². The molecule has 0 aromatic rings. The Bertz CT molecular complexity index is 559. The molecule has 1 rings (SSSR count). The fourth-order valence-electron chi connectivity index (χ4n) is 4.40. The fourth-order valence-corrected chi connectivity index (χ4v) is 4.40. The monoisotopic (exact) mass is 473 g/mol. The summed E-state index contributed by atoms with van der Waals surface area (Å²) in [5.41, 5.74) is 3.59. The lowest BCUT2D eigenvalue weighted by Gasteiger charge is -2.40. The van der Waals surface area contributed by atoms with Gasteiger partial charge in [-0.05, 0) is 12.8 Å². The number of aliphatic hydroxyl groups is 6. The van der Waals surface area contributed by atoms with Crippen LogP contribution >= 0.6 is 0 Å². The van der Waals surface area contributed by atoms with Crippen LogP contribution in [0.15, 0.2) is 12.2 Å². The Morgan fingerprint density at radius 1 is 0.909 bits per heavy atom. The maximum absolute atomic E-state index is 12.5. The minimum Gasteiger partial charge on any atom is -0.390 e. The molecular formula is C25H47NO7. The van der Waals surface area contributed by atoms with E-state index in [0.29, 0.717) is 0 Å². The van der Waals surface area contributed by atoms with Crippen LogP contribution in [0.3, 0.4) is 0 Å². The molecule has 1 aliphatic carbocycles. The summed E-state index contributed by atoms with van der Waals surface area (Å²) in [6.45, 7) is 2.23.